The van der Waals surface area contributed by atoms with Crippen LogP contribution in [0.3, 0.4) is 0 Å². The van der Waals surface area contributed by atoms with E-state index in [0.717, 1.165) is 27.8 Å². The number of hydrogen-bond donors (Lipinski definition) is 0. The normalized spacial score (nSPS) is 11.4. The van der Waals surface area contributed by atoms with Gasteiger partial charge in [-0.3, -0.25) is 4.79 Å². The zero-order valence-electron chi connectivity index (χ0n) is 13.1. The van der Waals surface area contributed by atoms with Gasteiger partial charge in [0, 0.05) is 22.3 Å². The molecule has 0 aliphatic rings. The Morgan fingerprint density at radius 1 is 1.09 bits per heavy atom. The van der Waals surface area contributed by atoms with E-state index in [2.05, 4.69) is 29.7 Å². The van der Waals surface area contributed by atoms with Gasteiger partial charge in [0.2, 0.25) is 0 Å². The third-order valence-corrected chi connectivity index (χ3v) is 4.01. The second-order valence-electron chi connectivity index (χ2n) is 5.47. The van der Waals surface area contributed by atoms with Crippen LogP contribution in [0.5, 0.6) is 0 Å². The van der Waals surface area contributed by atoms with Crippen LogP contribution in [0.4, 0.5) is 0 Å². The highest BCUT2D eigenvalue weighted by Crippen LogP contribution is 2.30. The summed E-state index contributed by atoms with van der Waals surface area (Å²) < 4.78 is 2.24. The summed E-state index contributed by atoms with van der Waals surface area (Å²) in [6.07, 6.45) is 4.17. The molecule has 0 fully saturated rings. The number of rotatable bonds is 3. The molecule has 0 N–H and O–H groups in total. The first-order valence-corrected chi connectivity index (χ1v) is 7.47. The minimum atomic E-state index is 0.0985. The van der Waals surface area contributed by atoms with Gasteiger partial charge >= 0.3 is 0 Å². The molecule has 1 aromatic heterocycles. The number of ketones is 1. The zero-order valence-corrected chi connectivity index (χ0v) is 13.1. The Kier molecular flexibility index (Phi) is 3.68. The number of nitrogens with zero attached hydrogens (tertiary/aromatic N) is 1. The predicted molar refractivity (Wildman–Crippen MR) is 92.7 cm³/mol. The molecule has 110 valence electrons. The third kappa shape index (κ3) is 2.27. The van der Waals surface area contributed by atoms with Gasteiger partial charge in [-0.05, 0) is 62.7 Å². The maximum atomic E-state index is 11.7. The maximum Gasteiger partial charge on any atom is 0.159 e. The topological polar surface area (TPSA) is 22.0 Å². The Hall–Kier alpha value is -2.61. The number of benzene rings is 2. The van der Waals surface area contributed by atoms with Crippen LogP contribution in [-0.4, -0.2) is 10.4 Å². The number of hydrogen-bond acceptors (Lipinski definition) is 1. The summed E-state index contributed by atoms with van der Waals surface area (Å²) in [6.45, 7) is 5.74. The van der Waals surface area contributed by atoms with Crippen LogP contribution < -0.4 is 0 Å². The van der Waals surface area contributed by atoms with Crippen LogP contribution in [0, 0.1) is 6.92 Å². The van der Waals surface area contributed by atoms with Crippen molar-refractivity contribution in [1.29, 1.82) is 0 Å². The monoisotopic (exact) mass is 289 g/mol. The number of allylic oxidation sites excluding steroid dienone is 1. The molecule has 0 aliphatic heterocycles. The molecular formula is C20H19NO. The number of para-hydroxylation sites is 1. The van der Waals surface area contributed by atoms with E-state index in [9.17, 15) is 4.79 Å². The Labute approximate surface area is 130 Å². The van der Waals surface area contributed by atoms with E-state index >= 15 is 0 Å². The van der Waals surface area contributed by atoms with Gasteiger partial charge in [-0.15, -0.1) is 0 Å². The first kappa shape index (κ1) is 14.3. The fourth-order valence-electron chi connectivity index (χ4n) is 2.90. The molecule has 0 spiro atoms. The van der Waals surface area contributed by atoms with E-state index in [1.54, 1.807) is 6.92 Å². The highest BCUT2D eigenvalue weighted by atomic mass is 16.1. The molecule has 3 rings (SSSR count). The molecule has 22 heavy (non-hydrogen) atoms. The lowest BCUT2D eigenvalue weighted by Gasteiger charge is -2.09. The Balaban J connectivity index is 2.39. The largest absolute Gasteiger partial charge is 0.310 e. The molecular weight excluding hydrogens is 270 g/mol. The summed E-state index contributed by atoms with van der Waals surface area (Å²) in [4.78, 5) is 11.7. The number of aryl methyl sites for hydroxylation is 1. The SMILES string of the molecule is C/C=C\c1c(C)c2cc(C(C)=O)ccc2n1-c1ccccc1. The van der Waals surface area contributed by atoms with Crippen LogP contribution in [0.1, 0.15) is 35.5 Å². The van der Waals surface area contributed by atoms with Crippen molar-refractivity contribution in [3.8, 4) is 5.69 Å². The summed E-state index contributed by atoms with van der Waals surface area (Å²) in [7, 11) is 0. The minimum absolute atomic E-state index is 0.0985. The van der Waals surface area contributed by atoms with E-state index in [0.29, 0.717) is 0 Å². The van der Waals surface area contributed by atoms with E-state index < -0.39 is 0 Å². The van der Waals surface area contributed by atoms with Crippen molar-refractivity contribution in [3.63, 3.8) is 0 Å². The number of aromatic nitrogens is 1. The van der Waals surface area contributed by atoms with Crippen molar-refractivity contribution in [3.05, 3.63) is 71.4 Å². The van der Waals surface area contributed by atoms with Gasteiger partial charge in [-0.25, -0.2) is 0 Å². The van der Waals surface area contributed by atoms with E-state index in [1.165, 1.54) is 5.56 Å². The fraction of sp³-hybridized carbons (Fsp3) is 0.150. The number of carbonyl (C=O) groups is 1. The van der Waals surface area contributed by atoms with Crippen molar-refractivity contribution in [2.45, 2.75) is 20.8 Å². The molecule has 0 bridgehead atoms. The van der Waals surface area contributed by atoms with Crippen molar-refractivity contribution in [1.82, 2.24) is 4.57 Å². The van der Waals surface area contributed by atoms with Gasteiger partial charge in [0.15, 0.2) is 5.78 Å². The molecule has 2 nitrogen and oxygen atoms in total. The van der Waals surface area contributed by atoms with Crippen LogP contribution in [0.15, 0.2) is 54.6 Å². The summed E-state index contributed by atoms with van der Waals surface area (Å²) in [5, 5.41) is 1.13. The summed E-state index contributed by atoms with van der Waals surface area (Å²) in [5.74, 6) is 0.0985. The van der Waals surface area contributed by atoms with Crippen molar-refractivity contribution >= 4 is 22.8 Å². The molecule has 0 amide bonds. The fourth-order valence-corrected chi connectivity index (χ4v) is 2.90. The maximum absolute atomic E-state index is 11.7. The summed E-state index contributed by atoms with van der Waals surface area (Å²) in [5.41, 5.74) is 5.36. The molecule has 3 aromatic rings. The Morgan fingerprint density at radius 3 is 2.45 bits per heavy atom. The Bertz CT molecular complexity index is 870. The van der Waals surface area contributed by atoms with Gasteiger partial charge in [0.25, 0.3) is 0 Å². The first-order valence-electron chi connectivity index (χ1n) is 7.47. The van der Waals surface area contributed by atoms with Gasteiger partial charge in [0.1, 0.15) is 0 Å². The van der Waals surface area contributed by atoms with Crippen molar-refractivity contribution in [2.24, 2.45) is 0 Å². The number of fused-ring (bicyclic) bond motifs is 1. The van der Waals surface area contributed by atoms with Crippen molar-refractivity contribution in [2.75, 3.05) is 0 Å². The van der Waals surface area contributed by atoms with Gasteiger partial charge in [-0.2, -0.15) is 0 Å². The summed E-state index contributed by atoms with van der Waals surface area (Å²) in [6, 6.07) is 16.3. The number of carbonyl (C=O) groups excluding carboxylic acids is 1. The Morgan fingerprint density at radius 2 is 1.82 bits per heavy atom. The highest BCUT2D eigenvalue weighted by molar-refractivity contribution is 6.00. The second-order valence-corrected chi connectivity index (χ2v) is 5.47. The molecule has 2 aromatic carbocycles. The second kappa shape index (κ2) is 5.64. The zero-order chi connectivity index (χ0) is 15.7. The molecule has 0 saturated carbocycles. The highest BCUT2D eigenvalue weighted by Gasteiger charge is 2.14. The third-order valence-electron chi connectivity index (χ3n) is 4.01. The average Bonchev–Trinajstić information content (AvgIpc) is 2.81. The predicted octanol–water partition coefficient (Wildman–Crippen LogP) is 5.17. The quantitative estimate of drug-likeness (QED) is 0.609. The van der Waals surface area contributed by atoms with Crippen LogP contribution in [0.2, 0.25) is 0 Å². The molecule has 0 atom stereocenters. The average molecular weight is 289 g/mol. The van der Waals surface area contributed by atoms with E-state index in [1.807, 2.05) is 49.4 Å². The van der Waals surface area contributed by atoms with E-state index in [4.69, 9.17) is 0 Å². The molecule has 1 heterocycles. The minimum Gasteiger partial charge on any atom is -0.310 e. The van der Waals surface area contributed by atoms with E-state index in [-0.39, 0.29) is 5.78 Å². The lowest BCUT2D eigenvalue weighted by molar-refractivity contribution is 0.101. The van der Waals surface area contributed by atoms with Gasteiger partial charge in [0.05, 0.1) is 5.52 Å². The lowest BCUT2D eigenvalue weighted by Crippen LogP contribution is -1.97. The smallest absolute Gasteiger partial charge is 0.159 e. The van der Waals surface area contributed by atoms with Gasteiger partial charge in [-0.1, -0.05) is 24.3 Å². The first-order chi connectivity index (χ1) is 10.6. The summed E-state index contributed by atoms with van der Waals surface area (Å²) >= 11 is 0. The van der Waals surface area contributed by atoms with Crippen LogP contribution >= 0.6 is 0 Å². The number of Topliss-reactive ketones (excluding diaryl/α,β-unsaturated/α-hetero) is 1. The molecule has 0 radical (unpaired) electrons. The molecule has 0 aliphatic carbocycles. The molecule has 2 heteroatoms. The van der Waals surface area contributed by atoms with Crippen molar-refractivity contribution < 1.29 is 4.79 Å². The van der Waals surface area contributed by atoms with Crippen LogP contribution in [0.25, 0.3) is 22.7 Å². The van der Waals surface area contributed by atoms with Crippen LogP contribution in [-0.2, 0) is 0 Å². The van der Waals surface area contributed by atoms with Gasteiger partial charge < -0.3 is 4.57 Å². The molecule has 0 saturated heterocycles. The standard InChI is InChI=1S/C20H19NO/c1-4-8-19-14(2)18-13-16(15(3)22)11-12-20(18)21(19)17-9-6-5-7-10-17/h4-13H,1-3H3/b8-4-. The molecule has 0 unspecified atom stereocenters. The lowest BCUT2D eigenvalue weighted by atomic mass is 10.1.